The van der Waals surface area contributed by atoms with Crippen molar-refractivity contribution < 1.29 is 10.2 Å². The minimum absolute atomic E-state index is 0.0626. The van der Waals surface area contributed by atoms with Crippen LogP contribution in [0.25, 0.3) is 11.2 Å². The molecule has 0 amide bonds. The fourth-order valence-corrected chi connectivity index (χ4v) is 4.03. The summed E-state index contributed by atoms with van der Waals surface area (Å²) in [6, 6.07) is 0. The normalized spacial score (nSPS) is 28.4. The number of nitrogens with one attached hydrogen (secondary N) is 1. The highest BCUT2D eigenvalue weighted by molar-refractivity contribution is 8.00. The van der Waals surface area contributed by atoms with Gasteiger partial charge in [-0.3, -0.25) is 4.57 Å². The Morgan fingerprint density at radius 2 is 2.14 bits per heavy atom. The van der Waals surface area contributed by atoms with Gasteiger partial charge in [-0.1, -0.05) is 13.8 Å². The maximum Gasteiger partial charge on any atom is 0.226 e. The Morgan fingerprint density at radius 1 is 1.36 bits per heavy atom. The summed E-state index contributed by atoms with van der Waals surface area (Å²) < 4.78 is 1.75. The first kappa shape index (κ1) is 15.8. The van der Waals surface area contributed by atoms with E-state index in [0.717, 1.165) is 13.0 Å². The predicted molar refractivity (Wildman–Crippen MR) is 87.2 cm³/mol. The molecular weight excluding hydrogens is 326 g/mol. The quantitative estimate of drug-likeness (QED) is 0.726. The van der Waals surface area contributed by atoms with Gasteiger partial charge in [0, 0.05) is 11.8 Å². The first-order chi connectivity index (χ1) is 10.5. The molecule has 0 bridgehead atoms. The number of hydrogen-bond donors (Lipinski definition) is 3. The van der Waals surface area contributed by atoms with Crippen molar-refractivity contribution >= 4 is 40.3 Å². The van der Waals surface area contributed by atoms with Crippen molar-refractivity contribution in [2.75, 3.05) is 11.9 Å². The van der Waals surface area contributed by atoms with Crippen LogP contribution in [0.5, 0.6) is 0 Å². The SMILES string of the molecule is CCCNc1nc(Cl)nc2c1ncn2[C@H]1S[C@@H](C)[C@@H](O)[C@H]1O. The van der Waals surface area contributed by atoms with E-state index in [1.807, 2.05) is 6.92 Å². The fraction of sp³-hybridized carbons (Fsp3) is 0.615. The maximum atomic E-state index is 10.2. The van der Waals surface area contributed by atoms with E-state index in [0.29, 0.717) is 17.0 Å². The Balaban J connectivity index is 2.03. The van der Waals surface area contributed by atoms with E-state index in [9.17, 15) is 10.2 Å². The molecular formula is C13H18ClN5O2S. The molecule has 0 spiro atoms. The number of nitrogens with zero attached hydrogens (tertiary/aromatic N) is 4. The fourth-order valence-electron chi connectivity index (χ4n) is 2.50. The van der Waals surface area contributed by atoms with E-state index in [2.05, 4.69) is 27.2 Å². The first-order valence-electron chi connectivity index (χ1n) is 7.18. The van der Waals surface area contributed by atoms with Crippen LogP contribution in [0.3, 0.4) is 0 Å². The number of hydrogen-bond acceptors (Lipinski definition) is 7. The molecule has 22 heavy (non-hydrogen) atoms. The number of imidazole rings is 1. The standard InChI is InChI=1S/C13H18ClN5O2S/c1-3-4-15-10-7-11(18-13(14)17-10)19(5-16-7)12-9(21)8(20)6(2)22-12/h5-6,8-9,12,20-21H,3-4H2,1-2H3,(H,15,17,18)/t6-,8+,9+,12-/m0/s1. The molecule has 120 valence electrons. The van der Waals surface area contributed by atoms with Gasteiger partial charge in [0.2, 0.25) is 5.28 Å². The van der Waals surface area contributed by atoms with Crippen LogP contribution in [-0.4, -0.2) is 53.7 Å². The molecule has 4 atom stereocenters. The summed E-state index contributed by atoms with van der Waals surface area (Å²) in [4.78, 5) is 12.8. The van der Waals surface area contributed by atoms with Crippen molar-refractivity contribution in [3.63, 3.8) is 0 Å². The van der Waals surface area contributed by atoms with Crippen molar-refractivity contribution in [1.29, 1.82) is 0 Å². The molecule has 3 heterocycles. The highest BCUT2D eigenvalue weighted by Crippen LogP contribution is 2.43. The molecule has 0 radical (unpaired) electrons. The molecule has 0 aliphatic carbocycles. The number of aromatic nitrogens is 4. The van der Waals surface area contributed by atoms with E-state index in [1.54, 1.807) is 10.9 Å². The number of thioether (sulfide) groups is 1. The molecule has 7 nitrogen and oxygen atoms in total. The average molecular weight is 344 g/mol. The van der Waals surface area contributed by atoms with Gasteiger partial charge in [-0.2, -0.15) is 9.97 Å². The molecule has 0 aromatic carbocycles. The van der Waals surface area contributed by atoms with Crippen molar-refractivity contribution in [2.24, 2.45) is 0 Å². The second-order valence-corrected chi connectivity index (χ2v) is 7.14. The smallest absolute Gasteiger partial charge is 0.226 e. The van der Waals surface area contributed by atoms with Crippen molar-refractivity contribution in [3.05, 3.63) is 11.6 Å². The third-order valence-electron chi connectivity index (χ3n) is 3.69. The zero-order valence-electron chi connectivity index (χ0n) is 12.3. The molecule has 3 rings (SSSR count). The van der Waals surface area contributed by atoms with Gasteiger partial charge >= 0.3 is 0 Å². The Morgan fingerprint density at radius 3 is 2.77 bits per heavy atom. The summed E-state index contributed by atoms with van der Waals surface area (Å²) in [7, 11) is 0. The molecule has 9 heteroatoms. The van der Waals surface area contributed by atoms with Crippen molar-refractivity contribution in [1.82, 2.24) is 19.5 Å². The number of rotatable bonds is 4. The molecule has 1 fully saturated rings. The first-order valence-corrected chi connectivity index (χ1v) is 8.50. The average Bonchev–Trinajstić information content (AvgIpc) is 3.01. The number of aliphatic hydroxyl groups is 2. The highest BCUT2D eigenvalue weighted by atomic mass is 35.5. The van der Waals surface area contributed by atoms with Gasteiger partial charge < -0.3 is 15.5 Å². The topological polar surface area (TPSA) is 96.1 Å². The molecule has 1 aliphatic heterocycles. The van der Waals surface area contributed by atoms with E-state index >= 15 is 0 Å². The Labute approximate surface area is 137 Å². The van der Waals surface area contributed by atoms with Crippen LogP contribution in [0.15, 0.2) is 6.33 Å². The molecule has 0 unspecified atom stereocenters. The lowest BCUT2D eigenvalue weighted by Crippen LogP contribution is -2.30. The van der Waals surface area contributed by atoms with Crippen LogP contribution in [0.2, 0.25) is 5.28 Å². The van der Waals surface area contributed by atoms with Crippen LogP contribution >= 0.6 is 23.4 Å². The number of aliphatic hydroxyl groups excluding tert-OH is 2. The third-order valence-corrected chi connectivity index (χ3v) is 5.35. The number of halogens is 1. The van der Waals surface area contributed by atoms with Crippen LogP contribution in [0.4, 0.5) is 5.82 Å². The summed E-state index contributed by atoms with van der Waals surface area (Å²) in [5, 5.41) is 23.1. The number of fused-ring (bicyclic) bond motifs is 1. The summed E-state index contributed by atoms with van der Waals surface area (Å²) in [6.07, 6.45) is 0.907. The van der Waals surface area contributed by atoms with E-state index in [-0.39, 0.29) is 15.9 Å². The van der Waals surface area contributed by atoms with Gasteiger partial charge in [0.25, 0.3) is 0 Å². The van der Waals surface area contributed by atoms with Gasteiger partial charge in [-0.25, -0.2) is 4.98 Å². The van der Waals surface area contributed by atoms with E-state index in [4.69, 9.17) is 11.6 Å². The predicted octanol–water partition coefficient (Wildman–Crippen LogP) is 1.66. The van der Waals surface area contributed by atoms with Gasteiger partial charge in [0.05, 0.1) is 12.4 Å². The highest BCUT2D eigenvalue weighted by Gasteiger charge is 2.41. The molecule has 0 saturated carbocycles. The summed E-state index contributed by atoms with van der Waals surface area (Å²) in [5.74, 6) is 0.585. The van der Waals surface area contributed by atoms with E-state index in [1.165, 1.54) is 11.8 Å². The lowest BCUT2D eigenvalue weighted by atomic mass is 10.1. The van der Waals surface area contributed by atoms with Gasteiger partial charge in [0.1, 0.15) is 11.5 Å². The second kappa shape index (κ2) is 6.19. The molecule has 1 saturated heterocycles. The number of anilines is 1. The zero-order valence-corrected chi connectivity index (χ0v) is 13.8. The lowest BCUT2D eigenvalue weighted by Gasteiger charge is -2.17. The second-order valence-electron chi connectivity index (χ2n) is 5.31. The zero-order chi connectivity index (χ0) is 15.9. The Kier molecular flexibility index (Phi) is 4.44. The van der Waals surface area contributed by atoms with E-state index < -0.39 is 12.2 Å². The van der Waals surface area contributed by atoms with Gasteiger partial charge in [0.15, 0.2) is 17.0 Å². The minimum atomic E-state index is -0.877. The van der Waals surface area contributed by atoms with Crippen molar-refractivity contribution in [2.45, 2.75) is 43.1 Å². The van der Waals surface area contributed by atoms with Crippen LogP contribution in [-0.2, 0) is 0 Å². The lowest BCUT2D eigenvalue weighted by molar-refractivity contribution is 0.0206. The van der Waals surface area contributed by atoms with Gasteiger partial charge in [-0.05, 0) is 18.0 Å². The van der Waals surface area contributed by atoms with Crippen LogP contribution in [0, 0.1) is 0 Å². The van der Waals surface area contributed by atoms with Crippen molar-refractivity contribution in [3.8, 4) is 0 Å². The Bertz CT molecular complexity index is 682. The maximum absolute atomic E-state index is 10.2. The summed E-state index contributed by atoms with van der Waals surface area (Å²) in [6.45, 7) is 4.69. The Hall–Kier alpha value is -1.09. The van der Waals surface area contributed by atoms with Gasteiger partial charge in [-0.15, -0.1) is 11.8 Å². The third kappa shape index (κ3) is 2.64. The molecule has 1 aliphatic rings. The molecule has 2 aromatic rings. The van der Waals surface area contributed by atoms with Crippen LogP contribution in [0.1, 0.15) is 25.6 Å². The molecule has 2 aromatic heterocycles. The minimum Gasteiger partial charge on any atom is -0.389 e. The summed E-state index contributed by atoms with van der Waals surface area (Å²) >= 11 is 7.49. The molecule has 3 N–H and O–H groups in total. The summed E-state index contributed by atoms with van der Waals surface area (Å²) in [5.41, 5.74) is 1.16. The van der Waals surface area contributed by atoms with Crippen LogP contribution < -0.4 is 5.32 Å². The largest absolute Gasteiger partial charge is 0.389 e. The monoisotopic (exact) mass is 343 g/mol.